The number of aromatic nitrogens is 2. The van der Waals surface area contributed by atoms with Gasteiger partial charge in [-0.25, -0.2) is 4.98 Å². The number of carbonyl (C=O) groups is 2. The van der Waals surface area contributed by atoms with Crippen LogP contribution in [0.25, 0.3) is 10.9 Å². The van der Waals surface area contributed by atoms with Gasteiger partial charge < -0.3 is 9.47 Å². The Bertz CT molecular complexity index is 912. The quantitative estimate of drug-likeness (QED) is 0.394. The number of unbranched alkanes of at least 4 members (excludes halogenated alkanes) is 2. The minimum Gasteiger partial charge on any atom is -0.464 e. The number of nitrogens with zero attached hydrogens (tertiary/aromatic N) is 2. The number of rotatable bonds is 8. The fourth-order valence-corrected chi connectivity index (χ4v) is 3.43. The van der Waals surface area contributed by atoms with E-state index in [0.29, 0.717) is 23.7 Å². The first-order chi connectivity index (χ1) is 13.6. The van der Waals surface area contributed by atoms with E-state index in [1.165, 1.54) is 4.57 Å². The molecule has 0 fully saturated rings. The van der Waals surface area contributed by atoms with Crippen molar-refractivity contribution in [3.63, 3.8) is 0 Å². The molecular formula is C21H26N2O5. The highest BCUT2D eigenvalue weighted by molar-refractivity contribution is 6.06. The van der Waals surface area contributed by atoms with Crippen molar-refractivity contribution in [2.75, 3.05) is 13.2 Å². The monoisotopic (exact) mass is 386 g/mol. The molecule has 0 amide bonds. The largest absolute Gasteiger partial charge is 0.464 e. The molecule has 1 aliphatic heterocycles. The summed E-state index contributed by atoms with van der Waals surface area (Å²) >= 11 is 0. The Morgan fingerprint density at radius 2 is 1.68 bits per heavy atom. The molecule has 0 N–H and O–H groups in total. The molecule has 2 heterocycles. The molecule has 28 heavy (non-hydrogen) atoms. The molecule has 7 heteroatoms. The number of fused-ring (bicyclic) bond motifs is 2. The van der Waals surface area contributed by atoms with Crippen molar-refractivity contribution < 1.29 is 19.1 Å². The summed E-state index contributed by atoms with van der Waals surface area (Å²) < 4.78 is 12.2. The summed E-state index contributed by atoms with van der Waals surface area (Å²) in [4.78, 5) is 43.5. The van der Waals surface area contributed by atoms with Gasteiger partial charge in [0.05, 0.1) is 24.1 Å². The maximum absolute atomic E-state index is 13.0. The Labute approximate surface area is 163 Å². The summed E-state index contributed by atoms with van der Waals surface area (Å²) in [6, 6.07) is 6.92. The van der Waals surface area contributed by atoms with Crippen LogP contribution in [0.3, 0.4) is 0 Å². The first-order valence-corrected chi connectivity index (χ1v) is 9.90. The standard InChI is InChI=1S/C21H26N2O5/c1-3-5-13-27-19(25)21(20(26)28-14-6-4-2)11-12-23-17(24)15-9-7-8-10-16(15)22-18(21)23/h7-10H,3-6,11-14H2,1-2H3. The number of carbonyl (C=O) groups excluding carboxylic acids is 2. The number of hydrogen-bond acceptors (Lipinski definition) is 6. The second-order valence-corrected chi connectivity index (χ2v) is 7.04. The maximum atomic E-state index is 13.0. The van der Waals surface area contributed by atoms with Crippen molar-refractivity contribution in [2.24, 2.45) is 0 Å². The second-order valence-electron chi connectivity index (χ2n) is 7.04. The topological polar surface area (TPSA) is 87.5 Å². The van der Waals surface area contributed by atoms with Crippen LogP contribution in [0.2, 0.25) is 0 Å². The fraction of sp³-hybridized carbons (Fsp3) is 0.524. The molecule has 1 aromatic carbocycles. The number of benzene rings is 1. The van der Waals surface area contributed by atoms with Crippen LogP contribution < -0.4 is 5.56 Å². The van der Waals surface area contributed by atoms with Gasteiger partial charge in [0, 0.05) is 6.54 Å². The lowest BCUT2D eigenvalue weighted by atomic mass is 9.85. The molecule has 0 radical (unpaired) electrons. The lowest BCUT2D eigenvalue weighted by Gasteiger charge is -2.24. The van der Waals surface area contributed by atoms with Crippen molar-refractivity contribution in [2.45, 2.75) is 57.9 Å². The van der Waals surface area contributed by atoms with E-state index in [-0.39, 0.29) is 37.6 Å². The third kappa shape index (κ3) is 3.41. The van der Waals surface area contributed by atoms with Gasteiger partial charge in [-0.3, -0.25) is 19.0 Å². The maximum Gasteiger partial charge on any atom is 0.331 e. The molecule has 0 saturated heterocycles. The molecule has 1 aliphatic rings. The van der Waals surface area contributed by atoms with Crippen molar-refractivity contribution in [1.29, 1.82) is 0 Å². The summed E-state index contributed by atoms with van der Waals surface area (Å²) in [6.45, 7) is 4.63. The molecule has 3 rings (SSSR count). The van der Waals surface area contributed by atoms with Crippen LogP contribution in [0, 0.1) is 0 Å². The zero-order chi connectivity index (χ0) is 20.1. The number of ether oxygens (including phenoxy) is 2. The van der Waals surface area contributed by atoms with Crippen LogP contribution in [-0.4, -0.2) is 34.7 Å². The average molecular weight is 386 g/mol. The predicted molar refractivity (Wildman–Crippen MR) is 104 cm³/mol. The van der Waals surface area contributed by atoms with Gasteiger partial charge in [-0.2, -0.15) is 0 Å². The van der Waals surface area contributed by atoms with E-state index in [1.54, 1.807) is 24.3 Å². The SMILES string of the molecule is CCCCOC(=O)C1(C(=O)OCCCC)CCn2c1nc1ccccc1c2=O. The van der Waals surface area contributed by atoms with E-state index >= 15 is 0 Å². The van der Waals surface area contributed by atoms with Gasteiger partial charge in [-0.15, -0.1) is 0 Å². The van der Waals surface area contributed by atoms with E-state index in [4.69, 9.17) is 9.47 Å². The van der Waals surface area contributed by atoms with Crippen LogP contribution in [-0.2, 0) is 31.0 Å². The Kier molecular flexibility index (Phi) is 6.11. The minimum atomic E-state index is -1.69. The number of esters is 2. The lowest BCUT2D eigenvalue weighted by Crippen LogP contribution is -2.46. The predicted octanol–water partition coefficient (Wildman–Crippen LogP) is 2.72. The highest BCUT2D eigenvalue weighted by Gasteiger charge is 2.57. The Morgan fingerprint density at radius 1 is 1.07 bits per heavy atom. The van der Waals surface area contributed by atoms with Crippen LogP contribution in [0.1, 0.15) is 51.8 Å². The van der Waals surface area contributed by atoms with Gasteiger partial charge in [0.25, 0.3) is 5.56 Å². The highest BCUT2D eigenvalue weighted by Crippen LogP contribution is 2.36. The van der Waals surface area contributed by atoms with Gasteiger partial charge in [0.15, 0.2) is 0 Å². The number of hydrogen-bond donors (Lipinski definition) is 0. The molecular weight excluding hydrogens is 360 g/mol. The second kappa shape index (κ2) is 8.54. The highest BCUT2D eigenvalue weighted by atomic mass is 16.6. The zero-order valence-corrected chi connectivity index (χ0v) is 16.4. The molecule has 0 saturated carbocycles. The fourth-order valence-electron chi connectivity index (χ4n) is 3.43. The third-order valence-corrected chi connectivity index (χ3v) is 5.11. The first-order valence-electron chi connectivity index (χ1n) is 9.90. The molecule has 0 spiro atoms. The van der Waals surface area contributed by atoms with E-state index in [2.05, 4.69) is 4.98 Å². The summed E-state index contributed by atoms with van der Waals surface area (Å²) in [6.07, 6.45) is 3.23. The molecule has 0 unspecified atom stereocenters. The van der Waals surface area contributed by atoms with Gasteiger partial charge in [-0.05, 0) is 31.4 Å². The van der Waals surface area contributed by atoms with Gasteiger partial charge in [0.1, 0.15) is 5.82 Å². The summed E-state index contributed by atoms with van der Waals surface area (Å²) in [5, 5.41) is 0.459. The lowest BCUT2D eigenvalue weighted by molar-refractivity contribution is -0.165. The van der Waals surface area contributed by atoms with E-state index in [1.807, 2.05) is 13.8 Å². The summed E-state index contributed by atoms with van der Waals surface area (Å²) in [5.74, 6) is -1.24. The normalized spacial score (nSPS) is 14.6. The summed E-state index contributed by atoms with van der Waals surface area (Å²) in [5.41, 5.74) is -1.50. The molecule has 150 valence electrons. The average Bonchev–Trinajstić information content (AvgIpc) is 3.09. The third-order valence-electron chi connectivity index (χ3n) is 5.11. The van der Waals surface area contributed by atoms with Crippen LogP contribution in [0.5, 0.6) is 0 Å². The smallest absolute Gasteiger partial charge is 0.331 e. The van der Waals surface area contributed by atoms with E-state index < -0.39 is 17.4 Å². The zero-order valence-electron chi connectivity index (χ0n) is 16.4. The van der Waals surface area contributed by atoms with Crippen LogP contribution >= 0.6 is 0 Å². The Hall–Kier alpha value is -2.70. The van der Waals surface area contributed by atoms with Crippen molar-refractivity contribution in [3.8, 4) is 0 Å². The van der Waals surface area contributed by atoms with Gasteiger partial charge >= 0.3 is 11.9 Å². The molecule has 0 aliphatic carbocycles. The number of para-hydroxylation sites is 1. The Balaban J connectivity index is 2.08. The van der Waals surface area contributed by atoms with Crippen LogP contribution in [0.15, 0.2) is 29.1 Å². The van der Waals surface area contributed by atoms with Crippen molar-refractivity contribution in [1.82, 2.24) is 9.55 Å². The van der Waals surface area contributed by atoms with Crippen molar-refractivity contribution >= 4 is 22.8 Å². The summed E-state index contributed by atoms with van der Waals surface area (Å²) in [7, 11) is 0. The Morgan fingerprint density at radius 3 is 2.29 bits per heavy atom. The minimum absolute atomic E-state index is 0.113. The van der Waals surface area contributed by atoms with Crippen LogP contribution in [0.4, 0.5) is 0 Å². The molecule has 1 aromatic heterocycles. The van der Waals surface area contributed by atoms with Gasteiger partial charge in [0.2, 0.25) is 5.41 Å². The van der Waals surface area contributed by atoms with E-state index in [0.717, 1.165) is 12.8 Å². The molecule has 2 aromatic rings. The van der Waals surface area contributed by atoms with Crippen molar-refractivity contribution in [3.05, 3.63) is 40.4 Å². The molecule has 7 nitrogen and oxygen atoms in total. The molecule has 0 bridgehead atoms. The first kappa shape index (κ1) is 20.0. The van der Waals surface area contributed by atoms with Gasteiger partial charge in [-0.1, -0.05) is 38.8 Å². The molecule has 0 atom stereocenters. The van der Waals surface area contributed by atoms with E-state index in [9.17, 15) is 14.4 Å².